The van der Waals surface area contributed by atoms with Crippen LogP contribution in [0.25, 0.3) is 0 Å². The average molecular weight is 189 g/mol. The van der Waals surface area contributed by atoms with Gasteiger partial charge in [-0.1, -0.05) is 12.1 Å². The molecule has 0 amide bonds. The summed E-state index contributed by atoms with van der Waals surface area (Å²) in [6.45, 7) is 1.56. The van der Waals surface area contributed by atoms with Crippen LogP contribution in [-0.4, -0.2) is 20.1 Å². The molecule has 0 atom stereocenters. The molecule has 0 aliphatic carbocycles. The first-order chi connectivity index (χ1) is 6.79. The standard InChI is InChI=1S/C11H15N3/c1-14(8-4-7-12)11-6-3-2-5-10(11)9-13/h2-3,5-6H,4,7-8,12H2,1H3. The van der Waals surface area contributed by atoms with Crippen LogP contribution >= 0.6 is 0 Å². The predicted molar refractivity (Wildman–Crippen MR) is 58.1 cm³/mol. The Hall–Kier alpha value is -1.53. The first-order valence-corrected chi connectivity index (χ1v) is 4.70. The fourth-order valence-electron chi connectivity index (χ4n) is 1.35. The van der Waals surface area contributed by atoms with E-state index in [1.165, 1.54) is 0 Å². The van der Waals surface area contributed by atoms with Crippen LogP contribution in [-0.2, 0) is 0 Å². The number of rotatable bonds is 4. The van der Waals surface area contributed by atoms with Crippen molar-refractivity contribution in [1.82, 2.24) is 0 Å². The van der Waals surface area contributed by atoms with E-state index >= 15 is 0 Å². The SMILES string of the molecule is CN(CCCN)c1ccccc1C#N. The molecule has 0 saturated carbocycles. The molecule has 0 spiro atoms. The van der Waals surface area contributed by atoms with Crippen molar-refractivity contribution in [2.24, 2.45) is 5.73 Å². The number of nitrogens with two attached hydrogens (primary N) is 1. The number of nitrogens with zero attached hydrogens (tertiary/aromatic N) is 2. The van der Waals surface area contributed by atoms with Crippen LogP contribution in [0.4, 0.5) is 5.69 Å². The van der Waals surface area contributed by atoms with Gasteiger partial charge in [0, 0.05) is 13.6 Å². The normalized spacial score (nSPS) is 9.50. The molecule has 3 nitrogen and oxygen atoms in total. The molecule has 74 valence electrons. The van der Waals surface area contributed by atoms with Crippen LogP contribution in [0, 0.1) is 11.3 Å². The van der Waals surface area contributed by atoms with Crippen LogP contribution < -0.4 is 10.6 Å². The molecule has 0 fully saturated rings. The van der Waals surface area contributed by atoms with Gasteiger partial charge in [-0.15, -0.1) is 0 Å². The fourth-order valence-corrected chi connectivity index (χ4v) is 1.35. The molecule has 0 unspecified atom stereocenters. The first kappa shape index (κ1) is 10.6. The van der Waals surface area contributed by atoms with E-state index in [4.69, 9.17) is 11.0 Å². The zero-order chi connectivity index (χ0) is 10.4. The highest BCUT2D eigenvalue weighted by molar-refractivity contribution is 5.58. The minimum Gasteiger partial charge on any atom is -0.373 e. The van der Waals surface area contributed by atoms with Crippen LogP contribution in [0.1, 0.15) is 12.0 Å². The molecule has 0 aliphatic heterocycles. The number of hydrogen-bond acceptors (Lipinski definition) is 3. The lowest BCUT2D eigenvalue weighted by Crippen LogP contribution is -2.21. The van der Waals surface area contributed by atoms with Crippen LogP contribution in [0.3, 0.4) is 0 Å². The summed E-state index contributed by atoms with van der Waals surface area (Å²) in [5, 5.41) is 8.89. The Kier molecular flexibility index (Phi) is 3.96. The summed E-state index contributed by atoms with van der Waals surface area (Å²) in [7, 11) is 1.98. The lowest BCUT2D eigenvalue weighted by Gasteiger charge is -2.19. The van der Waals surface area contributed by atoms with Gasteiger partial charge in [0.15, 0.2) is 0 Å². The van der Waals surface area contributed by atoms with Crippen molar-refractivity contribution in [3.05, 3.63) is 29.8 Å². The van der Waals surface area contributed by atoms with Crippen molar-refractivity contribution >= 4 is 5.69 Å². The Morgan fingerprint density at radius 3 is 2.79 bits per heavy atom. The van der Waals surface area contributed by atoms with E-state index in [-0.39, 0.29) is 0 Å². The summed E-state index contributed by atoms with van der Waals surface area (Å²) in [6.07, 6.45) is 0.941. The van der Waals surface area contributed by atoms with Crippen LogP contribution in [0.5, 0.6) is 0 Å². The van der Waals surface area contributed by atoms with Crippen molar-refractivity contribution in [2.75, 3.05) is 25.0 Å². The van der Waals surface area contributed by atoms with Gasteiger partial charge in [0.25, 0.3) is 0 Å². The lowest BCUT2D eigenvalue weighted by molar-refractivity contribution is 0.795. The third-order valence-corrected chi connectivity index (χ3v) is 2.13. The molecule has 1 aromatic carbocycles. The molecule has 1 rings (SSSR count). The maximum absolute atomic E-state index is 8.89. The molecule has 0 bridgehead atoms. The Morgan fingerprint density at radius 1 is 1.43 bits per heavy atom. The molecule has 0 radical (unpaired) electrons. The Balaban J connectivity index is 2.79. The molecule has 0 aliphatic rings. The van der Waals surface area contributed by atoms with Crippen LogP contribution in [0.2, 0.25) is 0 Å². The Bertz CT molecular complexity index is 328. The fraction of sp³-hybridized carbons (Fsp3) is 0.364. The summed E-state index contributed by atoms with van der Waals surface area (Å²) in [5.41, 5.74) is 7.12. The molecule has 2 N–H and O–H groups in total. The third kappa shape index (κ3) is 2.48. The van der Waals surface area contributed by atoms with E-state index in [0.29, 0.717) is 12.1 Å². The summed E-state index contributed by atoms with van der Waals surface area (Å²) >= 11 is 0. The lowest BCUT2D eigenvalue weighted by atomic mass is 10.2. The van der Waals surface area contributed by atoms with E-state index in [9.17, 15) is 0 Å². The van der Waals surface area contributed by atoms with E-state index in [1.807, 2.05) is 31.3 Å². The van der Waals surface area contributed by atoms with Gasteiger partial charge >= 0.3 is 0 Å². The van der Waals surface area contributed by atoms with E-state index in [2.05, 4.69) is 11.0 Å². The van der Waals surface area contributed by atoms with Crippen molar-refractivity contribution in [1.29, 1.82) is 5.26 Å². The summed E-state index contributed by atoms with van der Waals surface area (Å²) < 4.78 is 0. The molecule has 1 aromatic rings. The highest BCUT2D eigenvalue weighted by Gasteiger charge is 2.04. The van der Waals surface area contributed by atoms with Crippen molar-refractivity contribution in [3.8, 4) is 6.07 Å². The molecule has 0 saturated heterocycles. The number of anilines is 1. The second kappa shape index (κ2) is 5.25. The second-order valence-electron chi connectivity index (χ2n) is 3.19. The first-order valence-electron chi connectivity index (χ1n) is 4.70. The van der Waals surface area contributed by atoms with Crippen molar-refractivity contribution in [2.45, 2.75) is 6.42 Å². The third-order valence-electron chi connectivity index (χ3n) is 2.13. The Labute approximate surface area is 84.7 Å². The van der Waals surface area contributed by atoms with Crippen molar-refractivity contribution < 1.29 is 0 Å². The molecular weight excluding hydrogens is 174 g/mol. The van der Waals surface area contributed by atoms with Gasteiger partial charge in [0.2, 0.25) is 0 Å². The zero-order valence-corrected chi connectivity index (χ0v) is 8.40. The summed E-state index contributed by atoms with van der Waals surface area (Å²) in [6, 6.07) is 9.77. The zero-order valence-electron chi connectivity index (χ0n) is 8.40. The van der Waals surface area contributed by atoms with Crippen molar-refractivity contribution in [3.63, 3.8) is 0 Å². The summed E-state index contributed by atoms with van der Waals surface area (Å²) in [5.74, 6) is 0. The van der Waals surface area contributed by atoms with E-state index < -0.39 is 0 Å². The number of para-hydroxylation sites is 1. The number of nitriles is 1. The monoisotopic (exact) mass is 189 g/mol. The van der Waals surface area contributed by atoms with Gasteiger partial charge in [-0.25, -0.2) is 0 Å². The highest BCUT2D eigenvalue weighted by Crippen LogP contribution is 2.17. The number of hydrogen-bond donors (Lipinski definition) is 1. The molecule has 0 heterocycles. The molecular formula is C11H15N3. The second-order valence-corrected chi connectivity index (χ2v) is 3.19. The molecule has 3 heteroatoms. The van der Waals surface area contributed by atoms with E-state index in [0.717, 1.165) is 18.7 Å². The van der Waals surface area contributed by atoms with Crippen LogP contribution in [0.15, 0.2) is 24.3 Å². The maximum Gasteiger partial charge on any atom is 0.101 e. The molecule has 0 aromatic heterocycles. The van der Waals surface area contributed by atoms with Gasteiger partial charge < -0.3 is 10.6 Å². The minimum absolute atomic E-state index is 0.680. The Morgan fingerprint density at radius 2 is 2.14 bits per heavy atom. The quantitative estimate of drug-likeness (QED) is 0.777. The molecule has 14 heavy (non-hydrogen) atoms. The topological polar surface area (TPSA) is 53.0 Å². The minimum atomic E-state index is 0.680. The van der Waals surface area contributed by atoms with Gasteiger partial charge in [-0.05, 0) is 25.1 Å². The van der Waals surface area contributed by atoms with Gasteiger partial charge in [0.1, 0.15) is 6.07 Å². The smallest absolute Gasteiger partial charge is 0.101 e. The predicted octanol–water partition coefficient (Wildman–Crippen LogP) is 1.34. The average Bonchev–Trinajstić information content (AvgIpc) is 2.25. The van der Waals surface area contributed by atoms with Gasteiger partial charge in [-0.3, -0.25) is 0 Å². The van der Waals surface area contributed by atoms with Gasteiger partial charge in [0.05, 0.1) is 11.3 Å². The largest absolute Gasteiger partial charge is 0.373 e. The van der Waals surface area contributed by atoms with E-state index in [1.54, 1.807) is 0 Å². The van der Waals surface area contributed by atoms with Gasteiger partial charge in [-0.2, -0.15) is 5.26 Å². The summed E-state index contributed by atoms with van der Waals surface area (Å²) in [4.78, 5) is 2.06. The number of benzene rings is 1. The highest BCUT2D eigenvalue weighted by atomic mass is 15.1. The maximum atomic E-state index is 8.89.